The molecule has 614 valence electrons. The Hall–Kier alpha value is -11.9. The van der Waals surface area contributed by atoms with E-state index in [9.17, 15) is 77.3 Å². The largest absolute Gasteiger partial charge is 0.481 e. The number of carboxylic acids is 1. The maximum Gasteiger partial charge on any atom is 0.306 e. The van der Waals surface area contributed by atoms with Crippen LogP contribution in [0.5, 0.6) is 0 Å². The van der Waals surface area contributed by atoms with Gasteiger partial charge in [-0.1, -0.05) is 109 Å². The minimum absolute atomic E-state index is 0.00789. The number of ketones is 2. The van der Waals surface area contributed by atoms with Crippen molar-refractivity contribution in [3.8, 4) is 11.1 Å². The standard InChI is InChI=1S/C81H108N16O17/c1-45(2)30-32-58(90-69(101)34-35-71(104)114-44-56-54-22-10-8-20-52(54)53-21-9-11-23-55(53)56)67(100)40-49-19-7-13-25-59(72(84)105)91-76(109)60(26-14-15-29-68(82)83)92-74(107)50(39-51-38-48-18-6-12-24-57(48)89-51)41-66(99)47(5)88-75(108)62(33-31-46(3)4)93-77(110)61(27-16-36-87-81(85)86)94-79(112)65-28-17-37-97(65)80(113)63(42-70(102)103)95-78(111)64(43-98)96-73(49)106/h6-13,18,20-24,30-31,38,47,49-50,56,58-65,89,98H,14-17,19,25-29,32-37,39-44H2,1-5H3,(H3,82,83)(H2,84,105)(H,88,108)(H,90,101)(H,91,109)(H,92,107)(H,93,110)(H,94,112)(H,95,111)(H,96,106)(H,102,103)(H4,85,86,87)/t47-,49+,50+,58-,59-,60-,61-,62-,63-,64-,65?/m0/s1. The monoisotopic (exact) mass is 1580 g/mol. The number of fused-ring (bicyclic) bond motifs is 5. The molecule has 3 aliphatic rings. The number of Topliss-reactive ketones (excluding diaryl/α,β-unsaturated/α-hetero) is 2. The third kappa shape index (κ3) is 27.2. The van der Waals surface area contributed by atoms with E-state index in [1.54, 1.807) is 58.0 Å². The second-order valence-corrected chi connectivity index (χ2v) is 29.6. The lowest BCUT2D eigenvalue weighted by atomic mass is 9.92. The van der Waals surface area contributed by atoms with Crippen LogP contribution in [0.25, 0.3) is 22.0 Å². The average Bonchev–Trinajstić information content (AvgIpc) is 1.61. The van der Waals surface area contributed by atoms with Crippen LogP contribution in [0, 0.1) is 22.7 Å². The Morgan fingerprint density at radius 3 is 1.88 bits per heavy atom. The molecule has 20 N–H and O–H groups in total. The van der Waals surface area contributed by atoms with Crippen molar-refractivity contribution in [2.45, 2.75) is 210 Å². The molecule has 33 nitrogen and oxygen atoms in total. The maximum absolute atomic E-state index is 14.9. The summed E-state index contributed by atoms with van der Waals surface area (Å²) in [5.74, 6) is -16.8. The van der Waals surface area contributed by atoms with Gasteiger partial charge in [-0.05, 0) is 145 Å². The number of aromatic nitrogens is 1. The first-order chi connectivity index (χ1) is 54.3. The molecule has 0 saturated carbocycles. The Bertz CT molecular complexity index is 4220. The van der Waals surface area contributed by atoms with Crippen LogP contribution in [0.4, 0.5) is 0 Å². The van der Waals surface area contributed by atoms with E-state index in [2.05, 4.69) is 52.8 Å². The van der Waals surface area contributed by atoms with E-state index in [1.807, 2.05) is 60.7 Å². The van der Waals surface area contributed by atoms with E-state index in [4.69, 9.17) is 32.8 Å². The smallest absolute Gasteiger partial charge is 0.306 e. The molecule has 1 saturated heterocycles. The van der Waals surface area contributed by atoms with E-state index in [0.717, 1.165) is 43.7 Å². The molecule has 1 unspecified atom stereocenters. The van der Waals surface area contributed by atoms with Crippen LogP contribution in [-0.2, 0) is 78.3 Å². The third-order valence-corrected chi connectivity index (χ3v) is 20.0. The summed E-state index contributed by atoms with van der Waals surface area (Å²) in [6.45, 7) is 7.02. The number of benzene rings is 3. The van der Waals surface area contributed by atoms with E-state index in [-0.39, 0.29) is 115 Å². The molecule has 10 amide bonds. The number of hydrogen-bond donors (Lipinski definition) is 17. The number of aliphatic hydroxyl groups is 1. The van der Waals surface area contributed by atoms with Gasteiger partial charge >= 0.3 is 11.9 Å². The molecule has 3 aromatic carbocycles. The summed E-state index contributed by atoms with van der Waals surface area (Å²) in [7, 11) is 0. The molecule has 1 fully saturated rings. The number of allylic oxidation sites excluding steroid dienone is 3. The van der Waals surface area contributed by atoms with Gasteiger partial charge in [-0.3, -0.25) is 77.9 Å². The highest BCUT2D eigenvalue weighted by Gasteiger charge is 2.42. The quantitative estimate of drug-likeness (QED) is 0.0128. The summed E-state index contributed by atoms with van der Waals surface area (Å²) < 4.78 is 5.73. The fourth-order valence-electron chi connectivity index (χ4n) is 13.8. The normalized spacial score (nSPS) is 22.2. The summed E-state index contributed by atoms with van der Waals surface area (Å²) in [5, 5.41) is 60.6. The lowest BCUT2D eigenvalue weighted by Gasteiger charge is -2.30. The van der Waals surface area contributed by atoms with Crippen LogP contribution < -0.4 is 65.1 Å². The van der Waals surface area contributed by atoms with Gasteiger partial charge in [0.1, 0.15) is 48.9 Å². The van der Waals surface area contributed by atoms with E-state index in [0.29, 0.717) is 11.2 Å². The number of nitrogens with one attached hydrogen (secondary N) is 12. The number of rotatable bonds is 28. The van der Waals surface area contributed by atoms with Gasteiger partial charge in [-0.2, -0.15) is 0 Å². The highest BCUT2D eigenvalue weighted by Crippen LogP contribution is 2.44. The van der Waals surface area contributed by atoms with Gasteiger partial charge < -0.3 is 89.9 Å². The fourth-order valence-corrected chi connectivity index (χ4v) is 13.8. The molecule has 0 spiro atoms. The minimum atomic E-state index is -1.97. The number of carbonyl (C=O) groups excluding carboxylic acids is 13. The minimum Gasteiger partial charge on any atom is -0.481 e. The van der Waals surface area contributed by atoms with Gasteiger partial charge in [0.05, 0.1) is 43.3 Å². The van der Waals surface area contributed by atoms with Gasteiger partial charge in [0.25, 0.3) is 0 Å². The summed E-state index contributed by atoms with van der Waals surface area (Å²) in [6.07, 6.45) is 2.36. The molecular weight excluding hydrogens is 1470 g/mol. The average molecular weight is 1580 g/mol. The number of aromatic amines is 1. The number of primary amides is 1. The number of hydrogen-bond acceptors (Lipinski definition) is 18. The van der Waals surface area contributed by atoms with Crippen LogP contribution in [-0.4, -0.2) is 195 Å². The summed E-state index contributed by atoms with van der Waals surface area (Å²) in [6, 6.07) is 10.7. The predicted molar refractivity (Wildman–Crippen MR) is 423 cm³/mol. The molecular formula is C81H108N16O17. The Morgan fingerprint density at radius 2 is 1.24 bits per heavy atom. The van der Waals surface area contributed by atoms with Crippen LogP contribution in [0.3, 0.4) is 0 Å². The lowest BCUT2D eigenvalue weighted by Crippen LogP contribution is -2.59. The van der Waals surface area contributed by atoms with Gasteiger partial charge in [-0.15, -0.1) is 0 Å². The van der Waals surface area contributed by atoms with Crippen molar-refractivity contribution in [2.24, 2.45) is 29.0 Å². The number of aliphatic hydroxyl groups excluding tert-OH is 1. The number of ether oxygens (including phenoxy) is 1. The van der Waals surface area contributed by atoms with Crippen molar-refractivity contribution in [1.82, 2.24) is 57.7 Å². The SMILES string of the molecule is CC(C)=CC[C@H](NC(=O)CCC(=O)OCC1c2ccccc2-c2ccccc21)C(=O)C[C@H]1CC=CC[C@@H](C(N)=O)NC(=O)[C@H](CCCCC(=N)N)NC(=O)[C@H](Cc2cc3ccccc3[nH]2)CC(=O)[C@H](C)NC(=O)[C@H](CC=C(C)C)NC(=O)[C@H](CCCNC(=N)N)NC(=O)C2CCCN2C(=O)[C@H](CC(=O)O)NC(=O)[C@H](CO)NC1=O. The fraction of sp³-hybridized carbons (Fsp3) is 0.481. The first kappa shape index (κ1) is 89.3. The number of carboxylic acid groups (broad SMARTS) is 1. The number of amidine groups is 1. The highest BCUT2D eigenvalue weighted by atomic mass is 16.5. The second-order valence-electron chi connectivity index (χ2n) is 29.6. The van der Waals surface area contributed by atoms with Crippen molar-refractivity contribution >= 4 is 105 Å². The molecule has 3 heterocycles. The van der Waals surface area contributed by atoms with Gasteiger partial charge in [0, 0.05) is 61.8 Å². The molecule has 2 aliphatic heterocycles. The molecule has 114 heavy (non-hydrogen) atoms. The number of guanidine groups is 1. The molecule has 7 rings (SSSR count). The number of esters is 1. The zero-order valence-electron chi connectivity index (χ0n) is 65.0. The van der Waals surface area contributed by atoms with Gasteiger partial charge in [0.15, 0.2) is 17.5 Å². The van der Waals surface area contributed by atoms with Crippen LogP contribution in [0.2, 0.25) is 0 Å². The topological polar surface area (TPSA) is 542 Å². The molecule has 11 atom stereocenters. The third-order valence-electron chi connectivity index (χ3n) is 20.0. The van der Waals surface area contributed by atoms with Crippen LogP contribution >= 0.6 is 0 Å². The number of H-pyrrole nitrogens is 1. The predicted octanol–water partition coefficient (Wildman–Crippen LogP) is 2.66. The Kier molecular flexibility index (Phi) is 34.3. The highest BCUT2D eigenvalue weighted by molar-refractivity contribution is 6.00. The van der Waals surface area contributed by atoms with Crippen LogP contribution in [0.1, 0.15) is 167 Å². The van der Waals surface area contributed by atoms with Crippen molar-refractivity contribution in [3.63, 3.8) is 0 Å². The van der Waals surface area contributed by atoms with E-state index >= 15 is 0 Å². The molecule has 33 heteroatoms. The Balaban J connectivity index is 1.22. The Labute approximate surface area is 661 Å². The van der Waals surface area contributed by atoms with Crippen molar-refractivity contribution < 1.29 is 82.1 Å². The molecule has 1 aromatic heterocycles. The maximum atomic E-state index is 14.9. The van der Waals surface area contributed by atoms with E-state index in [1.165, 1.54) is 19.1 Å². The van der Waals surface area contributed by atoms with Crippen LogP contribution in [0.15, 0.2) is 114 Å². The number of nitrogens with zero attached hydrogens (tertiary/aromatic N) is 1. The summed E-state index contributed by atoms with van der Waals surface area (Å²) in [4.78, 5) is 204. The number of aliphatic carboxylic acids is 1. The first-order valence-electron chi connectivity index (χ1n) is 38.4. The van der Waals surface area contributed by atoms with Crippen molar-refractivity contribution in [2.75, 3.05) is 26.3 Å². The molecule has 0 bridgehead atoms. The van der Waals surface area contributed by atoms with Gasteiger partial charge in [-0.25, -0.2) is 0 Å². The molecule has 1 aliphatic carbocycles. The number of unbranched alkanes of at least 4 members (excludes halogenated alkanes) is 1. The lowest BCUT2D eigenvalue weighted by molar-refractivity contribution is -0.146. The number of nitrogens with two attached hydrogens (primary N) is 3. The number of para-hydroxylation sites is 1. The van der Waals surface area contributed by atoms with Crippen molar-refractivity contribution in [3.05, 3.63) is 131 Å². The molecule has 0 radical (unpaired) electrons. The zero-order chi connectivity index (χ0) is 83.3. The van der Waals surface area contributed by atoms with Crippen molar-refractivity contribution in [1.29, 1.82) is 10.8 Å². The zero-order valence-corrected chi connectivity index (χ0v) is 65.0. The number of carbonyl (C=O) groups is 14. The number of amides is 10. The second kappa shape index (κ2) is 43.8. The van der Waals surface area contributed by atoms with E-state index < -0.39 is 193 Å². The first-order valence-corrected chi connectivity index (χ1v) is 38.4. The Morgan fingerprint density at radius 1 is 0.649 bits per heavy atom. The van der Waals surface area contributed by atoms with Gasteiger partial charge in [0.2, 0.25) is 59.1 Å². The summed E-state index contributed by atoms with van der Waals surface area (Å²) in [5.41, 5.74) is 23.8. The summed E-state index contributed by atoms with van der Waals surface area (Å²) >= 11 is 0. The molecule has 4 aromatic rings.